The first-order chi connectivity index (χ1) is 13.6. The number of piperidine rings is 1. The largest absolute Gasteiger partial charge is 0.478 e. The number of hydrogen-bond acceptors (Lipinski definition) is 6. The van der Waals surface area contributed by atoms with Crippen LogP contribution in [0, 0.1) is 17.7 Å². The van der Waals surface area contributed by atoms with Crippen LogP contribution in [0.2, 0.25) is 0 Å². The number of aromatic carboxylic acids is 1. The second-order valence-electron chi connectivity index (χ2n) is 7.36. The summed E-state index contributed by atoms with van der Waals surface area (Å²) < 4.78 is 13.3. The predicted molar refractivity (Wildman–Crippen MR) is 101 cm³/mol. The Kier molecular flexibility index (Phi) is 3.94. The number of carboxylic acids is 1. The molecular weight excluding hydrogens is 361 g/mol. The number of aromatic nitrogens is 3. The molecule has 8 heteroatoms. The van der Waals surface area contributed by atoms with Crippen molar-refractivity contribution < 1.29 is 14.3 Å². The highest BCUT2D eigenvalue weighted by molar-refractivity contribution is 5.86. The number of hydrogen-bond donors (Lipinski definition) is 2. The standard InChI is InChI=1S/C20H18FN5O2/c21-13-2-4-17-11(5-13)1-3-14(25-17)8-22-18-15-9-26(10-16(15)18)20-23-6-12(7-24-20)19(27)28/h1-7,15-16,18,22H,8-10H2,(H,27,28)/t15-,16+,18?. The number of fused-ring (bicyclic) bond motifs is 2. The molecule has 7 nitrogen and oxygen atoms in total. The van der Waals surface area contributed by atoms with Crippen LogP contribution in [0.4, 0.5) is 10.3 Å². The number of carbonyl (C=O) groups is 1. The third kappa shape index (κ3) is 3.05. The van der Waals surface area contributed by atoms with Gasteiger partial charge in [0.2, 0.25) is 5.95 Å². The lowest BCUT2D eigenvalue weighted by atomic mass is 10.2. The molecule has 2 aromatic heterocycles. The number of pyridine rings is 1. The first kappa shape index (κ1) is 17.0. The van der Waals surface area contributed by atoms with Crippen LogP contribution in [0.15, 0.2) is 42.7 Å². The Morgan fingerprint density at radius 2 is 1.93 bits per heavy atom. The number of rotatable bonds is 5. The van der Waals surface area contributed by atoms with E-state index in [9.17, 15) is 9.18 Å². The molecule has 0 radical (unpaired) electrons. The Bertz CT molecular complexity index is 1050. The summed E-state index contributed by atoms with van der Waals surface area (Å²) in [6.07, 6.45) is 2.70. The van der Waals surface area contributed by atoms with E-state index in [0.29, 0.717) is 30.4 Å². The number of benzene rings is 1. The van der Waals surface area contributed by atoms with Gasteiger partial charge < -0.3 is 15.3 Å². The van der Waals surface area contributed by atoms with Crippen molar-refractivity contribution in [1.82, 2.24) is 20.3 Å². The monoisotopic (exact) mass is 379 g/mol. The first-order valence-electron chi connectivity index (χ1n) is 9.17. The number of anilines is 1. The molecule has 28 heavy (non-hydrogen) atoms. The average molecular weight is 379 g/mol. The first-order valence-corrected chi connectivity index (χ1v) is 9.17. The Morgan fingerprint density at radius 1 is 1.18 bits per heavy atom. The van der Waals surface area contributed by atoms with Crippen LogP contribution in [0.25, 0.3) is 10.9 Å². The smallest absolute Gasteiger partial charge is 0.338 e. The number of carboxylic acid groups (broad SMARTS) is 1. The van der Waals surface area contributed by atoms with E-state index in [1.165, 1.54) is 24.5 Å². The van der Waals surface area contributed by atoms with Crippen molar-refractivity contribution in [3.05, 3.63) is 59.8 Å². The quantitative estimate of drug-likeness (QED) is 0.701. The van der Waals surface area contributed by atoms with E-state index >= 15 is 0 Å². The zero-order valence-corrected chi connectivity index (χ0v) is 14.9. The van der Waals surface area contributed by atoms with Crippen LogP contribution < -0.4 is 10.2 Å². The SMILES string of the molecule is O=C(O)c1cnc(N2C[C@@H]3C(NCc4ccc5cc(F)ccc5n4)[C@@H]3C2)nc1. The highest BCUT2D eigenvalue weighted by Crippen LogP contribution is 2.46. The van der Waals surface area contributed by atoms with Crippen molar-refractivity contribution in [2.45, 2.75) is 12.6 Å². The minimum atomic E-state index is -1.02. The van der Waals surface area contributed by atoms with Gasteiger partial charge in [-0.05, 0) is 36.1 Å². The van der Waals surface area contributed by atoms with Crippen LogP contribution >= 0.6 is 0 Å². The fraction of sp³-hybridized carbons (Fsp3) is 0.300. The molecule has 1 saturated heterocycles. The van der Waals surface area contributed by atoms with Gasteiger partial charge in [-0.3, -0.25) is 4.98 Å². The topological polar surface area (TPSA) is 91.2 Å². The van der Waals surface area contributed by atoms with Crippen LogP contribution in [-0.4, -0.2) is 45.2 Å². The van der Waals surface area contributed by atoms with Crippen LogP contribution in [0.3, 0.4) is 0 Å². The maximum absolute atomic E-state index is 13.3. The Balaban J connectivity index is 1.17. The van der Waals surface area contributed by atoms with Crippen molar-refractivity contribution in [3.63, 3.8) is 0 Å². The summed E-state index contributed by atoms with van der Waals surface area (Å²) in [6.45, 7) is 2.40. The van der Waals surface area contributed by atoms with E-state index in [1.54, 1.807) is 6.07 Å². The van der Waals surface area contributed by atoms with Gasteiger partial charge in [-0.1, -0.05) is 6.07 Å². The molecule has 0 spiro atoms. The molecule has 0 amide bonds. The van der Waals surface area contributed by atoms with Gasteiger partial charge in [-0.15, -0.1) is 0 Å². The molecule has 1 aliphatic heterocycles. The molecule has 1 saturated carbocycles. The van der Waals surface area contributed by atoms with E-state index in [0.717, 1.165) is 29.7 Å². The molecule has 142 valence electrons. The van der Waals surface area contributed by atoms with Gasteiger partial charge in [0.1, 0.15) is 5.82 Å². The lowest BCUT2D eigenvalue weighted by molar-refractivity contribution is 0.0696. The number of nitrogens with one attached hydrogen (secondary N) is 1. The van der Waals surface area contributed by atoms with Gasteiger partial charge in [0, 0.05) is 43.5 Å². The molecule has 5 rings (SSSR count). The fourth-order valence-electron chi connectivity index (χ4n) is 4.05. The van der Waals surface area contributed by atoms with Gasteiger partial charge in [0.25, 0.3) is 0 Å². The second-order valence-corrected chi connectivity index (χ2v) is 7.36. The second kappa shape index (κ2) is 6.49. The Hall–Kier alpha value is -3.13. The third-order valence-corrected chi connectivity index (χ3v) is 5.59. The molecule has 3 aromatic rings. The van der Waals surface area contributed by atoms with Gasteiger partial charge in [-0.2, -0.15) is 0 Å². The molecule has 2 N–H and O–H groups in total. The molecule has 0 bridgehead atoms. The Labute approximate surface area is 160 Å². The molecule has 1 aromatic carbocycles. The van der Waals surface area contributed by atoms with Gasteiger partial charge in [0.15, 0.2) is 0 Å². The minimum Gasteiger partial charge on any atom is -0.478 e. The molecule has 1 unspecified atom stereocenters. The predicted octanol–water partition coefficient (Wildman–Crippen LogP) is 2.09. The highest BCUT2D eigenvalue weighted by atomic mass is 19.1. The number of nitrogens with zero attached hydrogens (tertiary/aromatic N) is 4. The summed E-state index contributed by atoms with van der Waals surface area (Å²) in [5.41, 5.74) is 1.83. The third-order valence-electron chi connectivity index (χ3n) is 5.59. The van der Waals surface area contributed by atoms with Gasteiger partial charge >= 0.3 is 5.97 Å². The normalized spacial score (nSPS) is 23.0. The van der Waals surface area contributed by atoms with Crippen molar-refractivity contribution in [2.24, 2.45) is 11.8 Å². The highest BCUT2D eigenvalue weighted by Gasteiger charge is 2.55. The lowest BCUT2D eigenvalue weighted by Gasteiger charge is -2.20. The van der Waals surface area contributed by atoms with Crippen molar-refractivity contribution in [2.75, 3.05) is 18.0 Å². The molecule has 3 atom stereocenters. The zero-order valence-electron chi connectivity index (χ0n) is 14.9. The maximum Gasteiger partial charge on any atom is 0.338 e. The fourth-order valence-corrected chi connectivity index (χ4v) is 4.05. The van der Waals surface area contributed by atoms with E-state index < -0.39 is 5.97 Å². The van der Waals surface area contributed by atoms with E-state index in [-0.39, 0.29) is 11.4 Å². The molecule has 2 fully saturated rings. The molecule has 2 aliphatic rings. The van der Waals surface area contributed by atoms with Crippen LogP contribution in [0.5, 0.6) is 0 Å². The summed E-state index contributed by atoms with van der Waals surface area (Å²) in [5.74, 6) is 0.388. The van der Waals surface area contributed by atoms with Crippen molar-refractivity contribution in [1.29, 1.82) is 0 Å². The van der Waals surface area contributed by atoms with E-state index in [4.69, 9.17) is 5.11 Å². The maximum atomic E-state index is 13.3. The zero-order chi connectivity index (χ0) is 19.3. The number of halogens is 1. The van der Waals surface area contributed by atoms with E-state index in [1.807, 2.05) is 12.1 Å². The van der Waals surface area contributed by atoms with Crippen molar-refractivity contribution >= 4 is 22.8 Å². The lowest BCUT2D eigenvalue weighted by Crippen LogP contribution is -2.32. The van der Waals surface area contributed by atoms with Crippen LogP contribution in [0.1, 0.15) is 16.1 Å². The van der Waals surface area contributed by atoms with Crippen LogP contribution in [-0.2, 0) is 6.54 Å². The molecule has 1 aliphatic carbocycles. The van der Waals surface area contributed by atoms with E-state index in [2.05, 4.69) is 25.2 Å². The summed E-state index contributed by atoms with van der Waals surface area (Å²) in [4.78, 5) is 25.9. The van der Waals surface area contributed by atoms with Gasteiger partial charge in [-0.25, -0.2) is 19.2 Å². The molecule has 3 heterocycles. The summed E-state index contributed by atoms with van der Waals surface area (Å²) in [6, 6.07) is 8.89. The summed E-state index contributed by atoms with van der Waals surface area (Å²) in [5, 5.41) is 13.3. The Morgan fingerprint density at radius 3 is 2.64 bits per heavy atom. The van der Waals surface area contributed by atoms with Gasteiger partial charge in [0.05, 0.1) is 16.8 Å². The molecular formula is C20H18FN5O2. The minimum absolute atomic E-state index is 0.0956. The summed E-state index contributed by atoms with van der Waals surface area (Å²) >= 11 is 0. The summed E-state index contributed by atoms with van der Waals surface area (Å²) in [7, 11) is 0. The average Bonchev–Trinajstić information content (AvgIpc) is 3.15. The van der Waals surface area contributed by atoms with Crippen molar-refractivity contribution in [3.8, 4) is 0 Å².